The summed E-state index contributed by atoms with van der Waals surface area (Å²) in [7, 11) is 0. The van der Waals surface area contributed by atoms with Gasteiger partial charge in [-0.25, -0.2) is 9.18 Å². The molecule has 0 aliphatic rings. The molecule has 0 amide bonds. The first-order chi connectivity index (χ1) is 8.97. The number of nitrogen functional groups attached to an aromatic ring is 1. The molecule has 0 heterocycles. The molecule has 4 nitrogen and oxygen atoms in total. The third kappa shape index (κ3) is 2.82. The summed E-state index contributed by atoms with van der Waals surface area (Å²) in [4.78, 5) is 11.1. The van der Waals surface area contributed by atoms with Crippen molar-refractivity contribution in [3.05, 3.63) is 53.3 Å². The van der Waals surface area contributed by atoms with Crippen molar-refractivity contribution in [2.45, 2.75) is 6.92 Å². The number of nitrogens with two attached hydrogens (primary N) is 1. The van der Waals surface area contributed by atoms with Crippen LogP contribution in [-0.4, -0.2) is 11.1 Å². The lowest BCUT2D eigenvalue weighted by Gasteiger charge is -2.11. The highest BCUT2D eigenvalue weighted by Gasteiger charge is 2.13. The molecule has 3 N–H and O–H groups in total. The van der Waals surface area contributed by atoms with E-state index in [-0.39, 0.29) is 17.1 Å². The molecule has 0 saturated carbocycles. The van der Waals surface area contributed by atoms with Crippen LogP contribution in [0.2, 0.25) is 0 Å². The Labute approximate surface area is 109 Å². The van der Waals surface area contributed by atoms with Crippen molar-refractivity contribution in [3.63, 3.8) is 0 Å². The van der Waals surface area contributed by atoms with Crippen LogP contribution in [0.5, 0.6) is 11.5 Å². The second kappa shape index (κ2) is 4.97. The lowest BCUT2D eigenvalue weighted by molar-refractivity contribution is 0.0694. The molecule has 0 aliphatic heterocycles. The summed E-state index contributed by atoms with van der Waals surface area (Å²) in [5, 5.41) is 9.07. The molecule has 0 aliphatic carbocycles. The maximum atomic E-state index is 13.0. The van der Waals surface area contributed by atoms with E-state index in [0.29, 0.717) is 17.0 Å². The smallest absolute Gasteiger partial charge is 0.339 e. The molecular weight excluding hydrogens is 249 g/mol. The first kappa shape index (κ1) is 12.9. The van der Waals surface area contributed by atoms with E-state index in [1.54, 1.807) is 6.92 Å². The van der Waals surface area contributed by atoms with Gasteiger partial charge in [-0.2, -0.15) is 0 Å². The zero-order valence-corrected chi connectivity index (χ0v) is 10.2. The number of aryl methyl sites for hydroxylation is 1. The van der Waals surface area contributed by atoms with Crippen LogP contribution in [0.25, 0.3) is 0 Å². The van der Waals surface area contributed by atoms with Crippen molar-refractivity contribution in [2.24, 2.45) is 0 Å². The number of anilines is 1. The SMILES string of the molecule is Cc1cc(F)ccc1Oc1cc(N)ccc1C(=O)O. The Bertz CT molecular complexity index is 641. The third-order valence-corrected chi connectivity index (χ3v) is 2.59. The standard InChI is InChI=1S/C14H12FNO3/c1-8-6-9(15)2-5-12(8)19-13-7-10(16)3-4-11(13)14(17)18/h2-7H,16H2,1H3,(H,17,18). The molecule has 0 radical (unpaired) electrons. The molecule has 0 saturated heterocycles. The van der Waals surface area contributed by atoms with Crippen LogP contribution in [0.4, 0.5) is 10.1 Å². The molecule has 0 spiro atoms. The topological polar surface area (TPSA) is 72.5 Å². The number of ether oxygens (including phenoxy) is 1. The van der Waals surface area contributed by atoms with Gasteiger partial charge in [0.1, 0.15) is 22.9 Å². The molecule has 0 bridgehead atoms. The Morgan fingerprint density at radius 3 is 2.58 bits per heavy atom. The summed E-state index contributed by atoms with van der Waals surface area (Å²) in [6.45, 7) is 1.67. The summed E-state index contributed by atoms with van der Waals surface area (Å²) < 4.78 is 18.5. The Morgan fingerprint density at radius 1 is 1.21 bits per heavy atom. The van der Waals surface area contributed by atoms with Gasteiger partial charge in [-0.15, -0.1) is 0 Å². The van der Waals surface area contributed by atoms with Crippen molar-refractivity contribution >= 4 is 11.7 Å². The molecule has 98 valence electrons. The van der Waals surface area contributed by atoms with Gasteiger partial charge < -0.3 is 15.6 Å². The van der Waals surface area contributed by atoms with Crippen molar-refractivity contribution in [1.82, 2.24) is 0 Å². The van der Waals surface area contributed by atoms with Crippen LogP contribution >= 0.6 is 0 Å². The minimum Gasteiger partial charge on any atom is -0.478 e. The number of rotatable bonds is 3. The summed E-state index contributed by atoms with van der Waals surface area (Å²) >= 11 is 0. The Hall–Kier alpha value is -2.56. The van der Waals surface area contributed by atoms with Crippen LogP contribution in [0.3, 0.4) is 0 Å². The van der Waals surface area contributed by atoms with Crippen LogP contribution in [0.1, 0.15) is 15.9 Å². The lowest BCUT2D eigenvalue weighted by Crippen LogP contribution is -2.01. The van der Waals surface area contributed by atoms with E-state index in [0.717, 1.165) is 0 Å². The number of carbonyl (C=O) groups is 1. The molecule has 2 aromatic carbocycles. The van der Waals surface area contributed by atoms with Gasteiger partial charge in [0, 0.05) is 11.8 Å². The van der Waals surface area contributed by atoms with Crippen LogP contribution in [-0.2, 0) is 0 Å². The van der Waals surface area contributed by atoms with Gasteiger partial charge in [-0.05, 0) is 42.8 Å². The van der Waals surface area contributed by atoms with Gasteiger partial charge in [0.05, 0.1) is 0 Å². The minimum atomic E-state index is -1.12. The van der Waals surface area contributed by atoms with Gasteiger partial charge >= 0.3 is 5.97 Å². The summed E-state index contributed by atoms with van der Waals surface area (Å²) in [6, 6.07) is 8.27. The van der Waals surface area contributed by atoms with Crippen molar-refractivity contribution in [2.75, 3.05) is 5.73 Å². The van der Waals surface area contributed by atoms with E-state index in [1.165, 1.54) is 36.4 Å². The van der Waals surface area contributed by atoms with Gasteiger partial charge in [0.15, 0.2) is 0 Å². The van der Waals surface area contributed by atoms with E-state index >= 15 is 0 Å². The Morgan fingerprint density at radius 2 is 1.95 bits per heavy atom. The maximum absolute atomic E-state index is 13.0. The van der Waals surface area contributed by atoms with E-state index in [1.807, 2.05) is 0 Å². The molecule has 19 heavy (non-hydrogen) atoms. The summed E-state index contributed by atoms with van der Waals surface area (Å²) in [5.74, 6) is -0.984. The number of aromatic carboxylic acids is 1. The van der Waals surface area contributed by atoms with Crippen molar-refractivity contribution in [1.29, 1.82) is 0 Å². The van der Waals surface area contributed by atoms with E-state index < -0.39 is 5.97 Å². The zero-order valence-electron chi connectivity index (χ0n) is 10.2. The highest BCUT2D eigenvalue weighted by Crippen LogP contribution is 2.30. The quantitative estimate of drug-likeness (QED) is 0.832. The first-order valence-electron chi connectivity index (χ1n) is 5.54. The Kier molecular flexibility index (Phi) is 3.37. The average molecular weight is 261 g/mol. The molecule has 0 aromatic heterocycles. The first-order valence-corrected chi connectivity index (χ1v) is 5.54. The van der Waals surface area contributed by atoms with Crippen LogP contribution < -0.4 is 10.5 Å². The second-order valence-electron chi connectivity index (χ2n) is 4.07. The predicted molar refractivity (Wildman–Crippen MR) is 69.0 cm³/mol. The van der Waals surface area contributed by atoms with Gasteiger partial charge in [0.25, 0.3) is 0 Å². The highest BCUT2D eigenvalue weighted by molar-refractivity contribution is 5.91. The van der Waals surface area contributed by atoms with E-state index in [2.05, 4.69) is 0 Å². The summed E-state index contributed by atoms with van der Waals surface area (Å²) in [6.07, 6.45) is 0. The average Bonchev–Trinajstić information content (AvgIpc) is 2.32. The maximum Gasteiger partial charge on any atom is 0.339 e. The minimum absolute atomic E-state index is 0.00192. The fourth-order valence-corrected chi connectivity index (χ4v) is 1.65. The lowest BCUT2D eigenvalue weighted by atomic mass is 10.1. The van der Waals surface area contributed by atoms with E-state index in [9.17, 15) is 9.18 Å². The molecule has 0 atom stereocenters. The molecule has 2 rings (SSSR count). The number of halogens is 1. The largest absolute Gasteiger partial charge is 0.478 e. The van der Waals surface area contributed by atoms with Crippen molar-refractivity contribution in [3.8, 4) is 11.5 Å². The highest BCUT2D eigenvalue weighted by atomic mass is 19.1. The number of hydrogen-bond donors (Lipinski definition) is 2. The van der Waals surface area contributed by atoms with E-state index in [4.69, 9.17) is 15.6 Å². The number of hydrogen-bond acceptors (Lipinski definition) is 3. The fourth-order valence-electron chi connectivity index (χ4n) is 1.65. The zero-order chi connectivity index (χ0) is 14.0. The van der Waals surface area contributed by atoms with Gasteiger partial charge in [-0.1, -0.05) is 0 Å². The second-order valence-corrected chi connectivity index (χ2v) is 4.07. The monoisotopic (exact) mass is 261 g/mol. The molecule has 0 fully saturated rings. The Balaban J connectivity index is 2.42. The van der Waals surface area contributed by atoms with Crippen LogP contribution in [0.15, 0.2) is 36.4 Å². The third-order valence-electron chi connectivity index (χ3n) is 2.59. The molecule has 0 unspecified atom stereocenters. The molecular formula is C14H12FNO3. The van der Waals surface area contributed by atoms with Gasteiger partial charge in [-0.3, -0.25) is 0 Å². The van der Waals surface area contributed by atoms with Gasteiger partial charge in [0.2, 0.25) is 0 Å². The molecule has 5 heteroatoms. The van der Waals surface area contributed by atoms with Crippen molar-refractivity contribution < 1.29 is 19.0 Å². The normalized spacial score (nSPS) is 10.2. The number of carboxylic acids is 1. The molecule has 2 aromatic rings. The number of carboxylic acid groups (broad SMARTS) is 1. The predicted octanol–water partition coefficient (Wildman–Crippen LogP) is 3.21. The number of benzene rings is 2. The fraction of sp³-hybridized carbons (Fsp3) is 0.0714. The summed E-state index contributed by atoms with van der Waals surface area (Å²) in [5.41, 5.74) is 6.57. The van der Waals surface area contributed by atoms with Crippen LogP contribution in [0, 0.1) is 12.7 Å².